The Balaban J connectivity index is 1.51. The number of ether oxygens (including phenoxy) is 4. The summed E-state index contributed by atoms with van der Waals surface area (Å²) in [5.74, 6) is 1.15. The first kappa shape index (κ1) is 22.4. The number of fused-ring (bicyclic) bond motifs is 1. The highest BCUT2D eigenvalue weighted by atomic mass is 16.7. The van der Waals surface area contributed by atoms with Crippen molar-refractivity contribution < 1.29 is 23.7 Å². The molecule has 1 saturated heterocycles. The number of carbonyl (C=O) groups excluding carboxylic acids is 1. The molecule has 0 unspecified atom stereocenters. The summed E-state index contributed by atoms with van der Waals surface area (Å²) in [7, 11) is 0. The summed E-state index contributed by atoms with van der Waals surface area (Å²) < 4.78 is 22.3. The topological polar surface area (TPSA) is 66.0 Å². The molecule has 1 amide bonds. The van der Waals surface area contributed by atoms with Crippen molar-refractivity contribution in [2.75, 3.05) is 31.7 Å². The summed E-state index contributed by atoms with van der Waals surface area (Å²) in [4.78, 5) is 12.9. The molecule has 32 heavy (non-hydrogen) atoms. The predicted molar refractivity (Wildman–Crippen MR) is 124 cm³/mol. The van der Waals surface area contributed by atoms with E-state index in [2.05, 4.69) is 50.4 Å². The maximum atomic E-state index is 12.9. The quantitative estimate of drug-likeness (QED) is 0.649. The van der Waals surface area contributed by atoms with Crippen molar-refractivity contribution in [3.8, 4) is 11.5 Å². The van der Waals surface area contributed by atoms with Crippen LogP contribution in [0.5, 0.6) is 11.5 Å². The van der Waals surface area contributed by atoms with E-state index >= 15 is 0 Å². The van der Waals surface area contributed by atoms with Gasteiger partial charge in [0.2, 0.25) is 5.91 Å². The summed E-state index contributed by atoms with van der Waals surface area (Å²) in [5, 5.41) is 2.94. The van der Waals surface area contributed by atoms with Crippen LogP contribution in [0, 0.1) is 0 Å². The van der Waals surface area contributed by atoms with Crippen LogP contribution in [0.25, 0.3) is 5.57 Å². The van der Waals surface area contributed by atoms with Gasteiger partial charge in [0.05, 0.1) is 13.2 Å². The largest absolute Gasteiger partial charge is 0.486 e. The van der Waals surface area contributed by atoms with Crippen molar-refractivity contribution in [3.05, 3.63) is 59.7 Å². The van der Waals surface area contributed by atoms with E-state index in [1.807, 2.05) is 12.1 Å². The van der Waals surface area contributed by atoms with E-state index in [1.165, 1.54) is 5.56 Å². The normalized spacial score (nSPS) is 16.8. The summed E-state index contributed by atoms with van der Waals surface area (Å²) in [6.07, 6.45) is 2.82. The summed E-state index contributed by atoms with van der Waals surface area (Å²) in [6.45, 7) is 8.84. The zero-order valence-corrected chi connectivity index (χ0v) is 19.0. The summed E-state index contributed by atoms with van der Waals surface area (Å²) >= 11 is 0. The van der Waals surface area contributed by atoms with Gasteiger partial charge >= 0.3 is 0 Å². The van der Waals surface area contributed by atoms with Gasteiger partial charge in [-0.2, -0.15) is 0 Å². The smallest absolute Gasteiger partial charge is 0.248 e. The van der Waals surface area contributed by atoms with E-state index in [1.54, 1.807) is 12.1 Å². The Morgan fingerprint density at radius 2 is 1.66 bits per heavy atom. The minimum atomic E-state index is -0.215. The van der Waals surface area contributed by atoms with Crippen molar-refractivity contribution in [1.29, 1.82) is 0 Å². The average molecular weight is 438 g/mol. The molecule has 2 heterocycles. The second-order valence-corrected chi connectivity index (χ2v) is 9.05. The van der Waals surface area contributed by atoms with Gasteiger partial charge in [0.15, 0.2) is 17.8 Å². The molecule has 6 nitrogen and oxygen atoms in total. The molecule has 0 bridgehead atoms. The van der Waals surface area contributed by atoms with Crippen LogP contribution in [0.3, 0.4) is 0 Å². The van der Waals surface area contributed by atoms with Gasteiger partial charge in [-0.25, -0.2) is 0 Å². The lowest BCUT2D eigenvalue weighted by Crippen LogP contribution is -2.16. The monoisotopic (exact) mass is 437 g/mol. The zero-order chi connectivity index (χ0) is 22.6. The SMILES string of the molecule is CC(C)(C)c1ccc(/C(=C\C(=O)Nc2ccc3c(c2)OCCO3)CCC2OCCO2)cc1. The fraction of sp³-hybridized carbons (Fsp3) is 0.423. The fourth-order valence-electron chi connectivity index (χ4n) is 3.79. The van der Waals surface area contributed by atoms with Crippen molar-refractivity contribution >= 4 is 17.2 Å². The lowest BCUT2D eigenvalue weighted by molar-refractivity contribution is -0.111. The van der Waals surface area contributed by atoms with Gasteiger partial charge in [-0.05, 0) is 40.7 Å². The number of anilines is 1. The van der Waals surface area contributed by atoms with Gasteiger partial charge < -0.3 is 24.3 Å². The molecule has 0 spiro atoms. The molecule has 6 heteroatoms. The van der Waals surface area contributed by atoms with E-state index in [9.17, 15) is 4.79 Å². The Morgan fingerprint density at radius 1 is 0.969 bits per heavy atom. The van der Waals surface area contributed by atoms with Crippen LogP contribution in [-0.4, -0.2) is 38.6 Å². The molecule has 0 radical (unpaired) electrons. The van der Waals surface area contributed by atoms with Crippen LogP contribution >= 0.6 is 0 Å². The zero-order valence-electron chi connectivity index (χ0n) is 19.0. The van der Waals surface area contributed by atoms with Crippen LogP contribution in [0.1, 0.15) is 44.7 Å². The molecule has 0 atom stereocenters. The fourth-order valence-corrected chi connectivity index (χ4v) is 3.79. The number of carbonyl (C=O) groups is 1. The molecule has 2 aromatic carbocycles. The van der Waals surface area contributed by atoms with Crippen molar-refractivity contribution in [3.63, 3.8) is 0 Å². The molecule has 2 aliphatic heterocycles. The highest BCUT2D eigenvalue weighted by Gasteiger charge is 2.19. The van der Waals surface area contributed by atoms with Gasteiger partial charge in [-0.1, -0.05) is 45.0 Å². The number of nitrogens with one attached hydrogen (secondary N) is 1. The van der Waals surface area contributed by atoms with Crippen LogP contribution in [0.15, 0.2) is 48.5 Å². The van der Waals surface area contributed by atoms with Gasteiger partial charge in [-0.3, -0.25) is 4.79 Å². The summed E-state index contributed by atoms with van der Waals surface area (Å²) in [6, 6.07) is 13.8. The number of amides is 1. The second kappa shape index (κ2) is 9.76. The van der Waals surface area contributed by atoms with Gasteiger partial charge in [0.25, 0.3) is 0 Å². The van der Waals surface area contributed by atoms with E-state index in [0.717, 1.165) is 11.1 Å². The molecule has 2 aromatic rings. The van der Waals surface area contributed by atoms with E-state index in [-0.39, 0.29) is 17.6 Å². The number of rotatable bonds is 6. The summed E-state index contributed by atoms with van der Waals surface area (Å²) in [5.41, 5.74) is 3.96. The van der Waals surface area contributed by atoms with Gasteiger partial charge in [0, 0.05) is 24.3 Å². The Bertz CT molecular complexity index is 969. The van der Waals surface area contributed by atoms with Gasteiger partial charge in [-0.15, -0.1) is 0 Å². The highest BCUT2D eigenvalue weighted by Crippen LogP contribution is 2.33. The lowest BCUT2D eigenvalue weighted by Gasteiger charge is -2.20. The van der Waals surface area contributed by atoms with Gasteiger partial charge in [0.1, 0.15) is 13.2 Å². The molecule has 0 saturated carbocycles. The number of hydrogen-bond acceptors (Lipinski definition) is 5. The highest BCUT2D eigenvalue weighted by molar-refractivity contribution is 6.04. The molecule has 0 aliphatic carbocycles. The molecule has 170 valence electrons. The maximum absolute atomic E-state index is 12.9. The molecular formula is C26H31NO5. The Labute approximate surface area is 189 Å². The minimum Gasteiger partial charge on any atom is -0.486 e. The van der Waals surface area contributed by atoms with Crippen LogP contribution in [0.4, 0.5) is 5.69 Å². The van der Waals surface area contributed by atoms with Crippen molar-refractivity contribution in [2.24, 2.45) is 0 Å². The first-order chi connectivity index (χ1) is 15.4. The Kier molecular flexibility index (Phi) is 6.82. The van der Waals surface area contributed by atoms with E-state index < -0.39 is 0 Å². The second-order valence-electron chi connectivity index (χ2n) is 9.05. The van der Waals surface area contributed by atoms with Crippen molar-refractivity contribution in [2.45, 2.75) is 45.3 Å². The molecule has 0 aromatic heterocycles. The average Bonchev–Trinajstić information content (AvgIpc) is 3.30. The van der Waals surface area contributed by atoms with E-state index in [0.29, 0.717) is 56.5 Å². The number of allylic oxidation sites excluding steroid dienone is 1. The third-order valence-corrected chi connectivity index (χ3v) is 5.58. The lowest BCUT2D eigenvalue weighted by atomic mass is 9.86. The third-order valence-electron chi connectivity index (χ3n) is 5.58. The van der Waals surface area contributed by atoms with Crippen LogP contribution < -0.4 is 14.8 Å². The van der Waals surface area contributed by atoms with Crippen molar-refractivity contribution in [1.82, 2.24) is 0 Å². The van der Waals surface area contributed by atoms with Crippen LogP contribution in [0.2, 0.25) is 0 Å². The molecular weight excluding hydrogens is 406 g/mol. The molecule has 1 fully saturated rings. The standard InChI is InChI=1S/C26H31NO5/c1-26(2,3)20-7-4-18(5-8-20)19(6-11-25-31-14-15-32-25)16-24(28)27-21-9-10-22-23(17-21)30-13-12-29-22/h4-5,7-10,16-17,25H,6,11-15H2,1-3H3,(H,27,28)/b19-16-. The molecule has 2 aliphatic rings. The Hall–Kier alpha value is -2.83. The van der Waals surface area contributed by atoms with Crippen LogP contribution in [-0.2, 0) is 19.7 Å². The molecule has 4 rings (SSSR count). The first-order valence-electron chi connectivity index (χ1n) is 11.1. The maximum Gasteiger partial charge on any atom is 0.248 e. The minimum absolute atomic E-state index is 0.0730. The third kappa shape index (κ3) is 5.69. The predicted octanol–water partition coefficient (Wildman–Crippen LogP) is 4.93. The number of benzene rings is 2. The Morgan fingerprint density at radius 3 is 2.34 bits per heavy atom. The first-order valence-corrected chi connectivity index (χ1v) is 11.1. The van der Waals surface area contributed by atoms with E-state index in [4.69, 9.17) is 18.9 Å². The number of hydrogen-bond donors (Lipinski definition) is 1. The molecule has 1 N–H and O–H groups in total.